The van der Waals surface area contributed by atoms with E-state index in [2.05, 4.69) is 29.9 Å². The van der Waals surface area contributed by atoms with Crippen molar-refractivity contribution in [1.82, 2.24) is 39.0 Å². The van der Waals surface area contributed by atoms with Crippen molar-refractivity contribution in [3.63, 3.8) is 0 Å². The van der Waals surface area contributed by atoms with Gasteiger partial charge in [-0.25, -0.2) is 19.9 Å². The summed E-state index contributed by atoms with van der Waals surface area (Å²) in [6.07, 6.45) is -4.52. The Morgan fingerprint density at radius 2 is 1.69 bits per heavy atom. The maximum absolute atomic E-state index is 14.0. The molecule has 6 heterocycles. The minimum atomic E-state index is -4.84. The van der Waals surface area contributed by atoms with Crippen LogP contribution in [0.2, 0.25) is 0 Å². The van der Waals surface area contributed by atoms with Gasteiger partial charge in [0.1, 0.15) is 35.8 Å². The molecule has 244 valence electrons. The second-order valence-corrected chi connectivity index (χ2v) is 13.1. The van der Waals surface area contributed by atoms with Crippen molar-refractivity contribution in [2.75, 3.05) is 31.2 Å². The number of nitrogens with two attached hydrogens (primary N) is 3. The predicted octanol–water partition coefficient (Wildman–Crippen LogP) is -2.82. The third-order valence-corrected chi connectivity index (χ3v) is 10.0. The van der Waals surface area contributed by atoms with Gasteiger partial charge in [-0.3, -0.25) is 28.0 Å². The Bertz CT molecular complexity index is 1850. The highest BCUT2D eigenvalue weighted by atomic mass is 31.2. The van der Waals surface area contributed by atoms with Crippen LogP contribution in [0.15, 0.2) is 23.8 Å². The molecule has 2 saturated heterocycles. The van der Waals surface area contributed by atoms with Gasteiger partial charge < -0.3 is 55.7 Å². The number of nitrogen functional groups attached to an aromatic ring is 2. The van der Waals surface area contributed by atoms with Crippen LogP contribution in [0.4, 0.5) is 11.8 Å². The fraction of sp³-hybridized carbons (Fsp3) is 0.524. The van der Waals surface area contributed by atoms with Crippen molar-refractivity contribution in [3.05, 3.63) is 29.3 Å². The molecule has 24 heteroatoms. The molecule has 2 aliphatic rings. The zero-order valence-corrected chi connectivity index (χ0v) is 24.8. The number of H-pyrrole nitrogens is 1. The Balaban J connectivity index is 1.28. The van der Waals surface area contributed by atoms with E-state index in [9.17, 15) is 33.9 Å². The van der Waals surface area contributed by atoms with E-state index >= 15 is 0 Å². The standard InChI is InChI=1S/C21H29N11O11P2/c22-1-7-8(2-40-44(36)37)42-20(32-6-28-11-17(32)29-21(24)30-18(11)35)14(7)45(38,39)41-3-9-12(33)13(34)19(43-9)31-5-27-10-15(23)25-4-26-16(10)31/h4-9,12-14,19-20,33-34,44H,1-3,22H2,(H,36,37)(H,38,39)(H2,23,25,26)(H3,24,29,30,35)/t7-,8-,9-,12-,13-,14-,19-,20-/m1/s1. The van der Waals surface area contributed by atoms with Gasteiger partial charge in [-0.05, 0) is 6.54 Å². The Kier molecular flexibility index (Phi) is 8.48. The second-order valence-electron chi connectivity index (χ2n) is 10.3. The maximum atomic E-state index is 14.0. The van der Waals surface area contributed by atoms with Gasteiger partial charge in [0, 0.05) is 5.92 Å². The van der Waals surface area contributed by atoms with Gasteiger partial charge >= 0.3 is 15.9 Å². The molecule has 45 heavy (non-hydrogen) atoms. The summed E-state index contributed by atoms with van der Waals surface area (Å²) in [7, 11) is -8.25. The van der Waals surface area contributed by atoms with Crippen molar-refractivity contribution in [1.29, 1.82) is 0 Å². The van der Waals surface area contributed by atoms with E-state index in [1.807, 2.05) is 0 Å². The SMILES string of the molecule is NC[C@H]1[C@@H](P(=O)(O)OC[C@H]2O[C@@H](n3cnc4c(N)ncnc43)[C@H](O)[C@@H]2O)[C@H](n2cnc3c(=O)[nH]c(N)nc32)O[C@@H]1CO[PH](=O)O. The summed E-state index contributed by atoms with van der Waals surface area (Å²) in [5.74, 6) is -1.18. The van der Waals surface area contributed by atoms with Gasteiger partial charge in [0.25, 0.3) is 5.56 Å². The molecule has 22 nitrogen and oxygen atoms in total. The van der Waals surface area contributed by atoms with Gasteiger partial charge in [0.05, 0.1) is 32.0 Å². The van der Waals surface area contributed by atoms with Crippen LogP contribution in [0.5, 0.6) is 0 Å². The van der Waals surface area contributed by atoms with E-state index in [4.69, 9.17) is 35.7 Å². The number of imidazole rings is 2. The first-order valence-electron chi connectivity index (χ1n) is 13.3. The number of ether oxygens (including phenoxy) is 2. The molecule has 11 N–H and O–H groups in total. The Labute approximate surface area is 251 Å². The van der Waals surface area contributed by atoms with Crippen LogP contribution in [0.25, 0.3) is 22.3 Å². The number of anilines is 2. The second kappa shape index (κ2) is 12.1. The Hall–Kier alpha value is -3.40. The molecule has 6 rings (SSSR count). The third kappa shape index (κ3) is 5.64. The molecule has 2 fully saturated rings. The highest BCUT2D eigenvalue weighted by Gasteiger charge is 2.56. The summed E-state index contributed by atoms with van der Waals surface area (Å²) in [5, 5.41) is 21.5. The topological polar surface area (TPSA) is 337 Å². The first kappa shape index (κ1) is 31.6. The van der Waals surface area contributed by atoms with E-state index in [0.29, 0.717) is 0 Å². The zero-order chi connectivity index (χ0) is 32.2. The molecular formula is C21H29N11O11P2. The number of aliphatic hydroxyl groups is 2. The lowest BCUT2D eigenvalue weighted by molar-refractivity contribution is -0.0494. The van der Waals surface area contributed by atoms with E-state index in [0.717, 1.165) is 6.33 Å². The van der Waals surface area contributed by atoms with Crippen molar-refractivity contribution in [3.8, 4) is 0 Å². The third-order valence-electron chi connectivity index (χ3n) is 7.69. The van der Waals surface area contributed by atoms with Crippen LogP contribution in [0, 0.1) is 5.92 Å². The average molecular weight is 673 g/mol. The average Bonchev–Trinajstić information content (AvgIpc) is 3.75. The summed E-state index contributed by atoms with van der Waals surface area (Å²) in [4.78, 5) is 55.4. The molecule has 2 aliphatic heterocycles. The Morgan fingerprint density at radius 3 is 2.40 bits per heavy atom. The first-order valence-corrected chi connectivity index (χ1v) is 16.2. The number of nitrogens with one attached hydrogen (secondary N) is 1. The maximum Gasteiger partial charge on any atom is 0.336 e. The number of nitrogens with zero attached hydrogens (tertiary/aromatic N) is 7. The number of rotatable bonds is 10. The summed E-state index contributed by atoms with van der Waals surface area (Å²) in [5.41, 5.74) is 15.6. The molecule has 0 radical (unpaired) electrons. The Morgan fingerprint density at radius 1 is 1.00 bits per heavy atom. The van der Waals surface area contributed by atoms with Crippen molar-refractivity contribution in [2.24, 2.45) is 11.7 Å². The summed E-state index contributed by atoms with van der Waals surface area (Å²) >= 11 is 0. The molecule has 0 aromatic carbocycles. The fourth-order valence-corrected chi connectivity index (χ4v) is 7.75. The molecule has 2 unspecified atom stereocenters. The monoisotopic (exact) mass is 673 g/mol. The van der Waals surface area contributed by atoms with Gasteiger partial charge in [-0.15, -0.1) is 0 Å². The highest BCUT2D eigenvalue weighted by Crippen LogP contribution is 2.59. The van der Waals surface area contributed by atoms with Gasteiger partial charge in [-0.1, -0.05) is 0 Å². The van der Waals surface area contributed by atoms with Crippen LogP contribution in [0.1, 0.15) is 12.5 Å². The number of fused-ring (bicyclic) bond motifs is 2. The van der Waals surface area contributed by atoms with E-state index in [1.54, 1.807) is 0 Å². The molecule has 4 aromatic heterocycles. The predicted molar refractivity (Wildman–Crippen MR) is 151 cm³/mol. The van der Waals surface area contributed by atoms with E-state index in [1.165, 1.54) is 21.8 Å². The summed E-state index contributed by atoms with van der Waals surface area (Å²) < 4.78 is 49.9. The normalized spacial score (nSPS) is 30.7. The first-order chi connectivity index (χ1) is 21.4. The number of aromatic amines is 1. The van der Waals surface area contributed by atoms with E-state index < -0.39 is 83.1 Å². The summed E-state index contributed by atoms with van der Waals surface area (Å²) in [6, 6.07) is 0. The molecule has 0 saturated carbocycles. The van der Waals surface area contributed by atoms with Crippen LogP contribution >= 0.6 is 15.9 Å². The lowest BCUT2D eigenvalue weighted by atomic mass is 10.0. The number of aliphatic hydroxyl groups excluding tert-OH is 2. The molecule has 10 atom stereocenters. The number of hydrogen-bond donors (Lipinski definition) is 8. The minimum absolute atomic E-state index is 0.0824. The zero-order valence-electron chi connectivity index (χ0n) is 22.9. The molecule has 4 aromatic rings. The van der Waals surface area contributed by atoms with Crippen LogP contribution in [-0.4, -0.2) is 109 Å². The van der Waals surface area contributed by atoms with Crippen molar-refractivity contribution >= 4 is 49.9 Å². The van der Waals surface area contributed by atoms with Gasteiger partial charge in [-0.2, -0.15) is 4.98 Å². The molecule has 0 aliphatic carbocycles. The van der Waals surface area contributed by atoms with Crippen molar-refractivity contribution in [2.45, 2.75) is 42.5 Å². The van der Waals surface area contributed by atoms with Crippen LogP contribution in [0.3, 0.4) is 0 Å². The highest BCUT2D eigenvalue weighted by molar-refractivity contribution is 7.53. The molecule has 0 amide bonds. The number of hydrogen-bond acceptors (Lipinski definition) is 17. The molecular weight excluding hydrogens is 644 g/mol. The van der Waals surface area contributed by atoms with Gasteiger partial charge in [0.15, 0.2) is 35.1 Å². The molecule has 0 spiro atoms. The number of aromatic nitrogens is 8. The molecule has 0 bridgehead atoms. The minimum Gasteiger partial charge on any atom is -0.387 e. The lowest BCUT2D eigenvalue weighted by Crippen LogP contribution is -2.36. The largest absolute Gasteiger partial charge is 0.387 e. The fourth-order valence-electron chi connectivity index (χ4n) is 5.58. The quantitative estimate of drug-likeness (QED) is 0.0787. The van der Waals surface area contributed by atoms with Crippen LogP contribution in [-0.2, 0) is 27.7 Å². The van der Waals surface area contributed by atoms with Gasteiger partial charge in [0.2, 0.25) is 5.95 Å². The lowest BCUT2D eigenvalue weighted by Gasteiger charge is -2.28. The van der Waals surface area contributed by atoms with E-state index in [-0.39, 0.29) is 40.6 Å². The van der Waals surface area contributed by atoms with Crippen LogP contribution < -0.4 is 22.8 Å². The van der Waals surface area contributed by atoms with Crippen molar-refractivity contribution < 1.29 is 47.7 Å². The summed E-state index contributed by atoms with van der Waals surface area (Å²) in [6.45, 7) is -1.43. The smallest absolute Gasteiger partial charge is 0.336 e.